The van der Waals surface area contributed by atoms with E-state index in [4.69, 9.17) is 23.7 Å². The Labute approximate surface area is 137 Å². The third kappa shape index (κ3) is 5.52. The van der Waals surface area contributed by atoms with Crippen LogP contribution < -0.4 is 0 Å². The van der Waals surface area contributed by atoms with E-state index in [0.717, 1.165) is 27.7 Å². The summed E-state index contributed by atoms with van der Waals surface area (Å²) in [7, 11) is 0. The molecule has 10 nitrogen and oxygen atoms in total. The molecule has 10 heteroatoms. The van der Waals surface area contributed by atoms with E-state index in [-0.39, 0.29) is 0 Å². The lowest BCUT2D eigenvalue weighted by molar-refractivity contribution is -0.177. The second-order valence-electron chi connectivity index (χ2n) is 4.96. The summed E-state index contributed by atoms with van der Waals surface area (Å²) < 4.78 is 24.6. The van der Waals surface area contributed by atoms with Crippen LogP contribution in [0.3, 0.4) is 0 Å². The quantitative estimate of drug-likeness (QED) is 0.448. The monoisotopic (exact) mass is 346 g/mol. The van der Waals surface area contributed by atoms with Crippen LogP contribution >= 0.6 is 0 Å². The molecule has 0 aromatic heterocycles. The van der Waals surface area contributed by atoms with E-state index in [1.54, 1.807) is 0 Å². The van der Waals surface area contributed by atoms with Crippen molar-refractivity contribution in [2.45, 2.75) is 52.1 Å². The first-order valence-corrected chi connectivity index (χ1v) is 6.97. The minimum Gasteiger partial charge on any atom is -0.462 e. The first-order valence-electron chi connectivity index (χ1n) is 6.97. The average molecular weight is 346 g/mol. The second-order valence-corrected chi connectivity index (χ2v) is 4.96. The number of cyclic esters (lactones) is 1. The highest BCUT2D eigenvalue weighted by molar-refractivity contribution is 5.82. The number of carbonyl (C=O) groups excluding carboxylic acids is 5. The largest absolute Gasteiger partial charge is 0.462 e. The third-order valence-corrected chi connectivity index (χ3v) is 2.84. The number of esters is 5. The van der Waals surface area contributed by atoms with Crippen molar-refractivity contribution in [1.82, 2.24) is 0 Å². The van der Waals surface area contributed by atoms with Crippen LogP contribution in [0.5, 0.6) is 0 Å². The van der Waals surface area contributed by atoms with Crippen molar-refractivity contribution in [3.63, 3.8) is 0 Å². The normalized spacial score (nSPS) is 23.7. The lowest BCUT2D eigenvalue weighted by Crippen LogP contribution is -2.46. The zero-order chi connectivity index (χ0) is 18.4. The van der Waals surface area contributed by atoms with E-state index >= 15 is 0 Å². The summed E-state index contributed by atoms with van der Waals surface area (Å²) in [6, 6.07) is 0. The predicted molar refractivity (Wildman–Crippen MR) is 73.2 cm³/mol. The summed E-state index contributed by atoms with van der Waals surface area (Å²) in [5.41, 5.74) is 0. The van der Waals surface area contributed by atoms with E-state index in [1.165, 1.54) is 0 Å². The molecule has 1 aliphatic rings. The third-order valence-electron chi connectivity index (χ3n) is 2.84. The average Bonchev–Trinajstić information content (AvgIpc) is 2.70. The van der Waals surface area contributed by atoms with Crippen LogP contribution in [0.4, 0.5) is 0 Å². The number of carbonyl (C=O) groups is 5. The molecule has 1 saturated heterocycles. The van der Waals surface area contributed by atoms with E-state index in [1.807, 2.05) is 0 Å². The van der Waals surface area contributed by atoms with Crippen molar-refractivity contribution >= 4 is 29.8 Å². The Bertz CT molecular complexity index is 540. The van der Waals surface area contributed by atoms with Gasteiger partial charge in [-0.25, -0.2) is 4.79 Å². The van der Waals surface area contributed by atoms with Crippen LogP contribution in [-0.4, -0.2) is 60.9 Å². The number of hydrogen-bond donors (Lipinski definition) is 0. The molecule has 0 unspecified atom stereocenters. The zero-order valence-electron chi connectivity index (χ0n) is 13.6. The van der Waals surface area contributed by atoms with E-state index in [9.17, 15) is 24.0 Å². The lowest BCUT2D eigenvalue weighted by atomic mass is 10.1. The molecule has 1 fully saturated rings. The molecule has 0 saturated carbocycles. The molecular weight excluding hydrogens is 328 g/mol. The fourth-order valence-electron chi connectivity index (χ4n) is 2.09. The molecule has 0 aliphatic carbocycles. The van der Waals surface area contributed by atoms with Crippen molar-refractivity contribution in [3.8, 4) is 0 Å². The molecule has 1 aliphatic heterocycles. The van der Waals surface area contributed by atoms with Gasteiger partial charge in [0.15, 0.2) is 18.3 Å². The van der Waals surface area contributed by atoms with Crippen LogP contribution in [0.15, 0.2) is 0 Å². The van der Waals surface area contributed by atoms with Gasteiger partial charge in [-0.05, 0) is 0 Å². The highest BCUT2D eigenvalue weighted by atomic mass is 16.7. The Balaban J connectivity index is 3.05. The standard InChI is InChI=1S/C14H18O10/c1-6(15)20-5-10(21-7(2)16)11-12(22-8(3)17)13(14(19)24-11)23-9(4)18/h10-13H,5H2,1-4H3/t10-,11+,12+,13-/m1/s1. The van der Waals surface area contributed by atoms with Crippen LogP contribution in [0.1, 0.15) is 27.7 Å². The first kappa shape index (κ1) is 19.4. The maximum absolute atomic E-state index is 11.9. The van der Waals surface area contributed by atoms with E-state index < -0.39 is 60.9 Å². The van der Waals surface area contributed by atoms with Crippen LogP contribution in [0.2, 0.25) is 0 Å². The van der Waals surface area contributed by atoms with Crippen molar-refractivity contribution in [3.05, 3.63) is 0 Å². The first-order chi connectivity index (χ1) is 11.1. The van der Waals surface area contributed by atoms with Crippen LogP contribution in [0, 0.1) is 0 Å². The molecule has 0 spiro atoms. The van der Waals surface area contributed by atoms with Crippen molar-refractivity contribution in [2.75, 3.05) is 6.61 Å². The Morgan fingerprint density at radius 2 is 1.54 bits per heavy atom. The summed E-state index contributed by atoms with van der Waals surface area (Å²) in [5.74, 6) is -3.92. The summed E-state index contributed by atoms with van der Waals surface area (Å²) in [4.78, 5) is 56.5. The van der Waals surface area contributed by atoms with Crippen molar-refractivity contribution < 1.29 is 47.7 Å². The van der Waals surface area contributed by atoms with Gasteiger partial charge in [-0.2, -0.15) is 0 Å². The number of rotatable bonds is 6. The maximum atomic E-state index is 11.9. The Morgan fingerprint density at radius 1 is 0.958 bits per heavy atom. The highest BCUT2D eigenvalue weighted by Gasteiger charge is 2.54. The molecule has 0 radical (unpaired) electrons. The molecule has 4 atom stereocenters. The maximum Gasteiger partial charge on any atom is 0.352 e. The summed E-state index contributed by atoms with van der Waals surface area (Å²) in [6.45, 7) is 3.95. The Morgan fingerprint density at radius 3 is 2.00 bits per heavy atom. The smallest absolute Gasteiger partial charge is 0.352 e. The van der Waals surface area contributed by atoms with Gasteiger partial charge in [0.1, 0.15) is 6.61 Å². The Hall–Kier alpha value is -2.65. The van der Waals surface area contributed by atoms with Gasteiger partial charge in [0, 0.05) is 27.7 Å². The van der Waals surface area contributed by atoms with Crippen LogP contribution in [0.25, 0.3) is 0 Å². The minimum atomic E-state index is -1.51. The highest BCUT2D eigenvalue weighted by Crippen LogP contribution is 2.27. The fraction of sp³-hybridized carbons (Fsp3) is 0.643. The van der Waals surface area contributed by atoms with Gasteiger partial charge in [-0.3, -0.25) is 19.2 Å². The minimum absolute atomic E-state index is 0.433. The predicted octanol–water partition coefficient (Wildman–Crippen LogP) is -0.730. The summed E-state index contributed by atoms with van der Waals surface area (Å²) in [5, 5.41) is 0. The lowest BCUT2D eigenvalue weighted by Gasteiger charge is -2.26. The molecule has 24 heavy (non-hydrogen) atoms. The SMILES string of the molecule is CC(=O)OC[C@@H](OC(C)=O)[C@@H]1OC(=O)[C@H](OC(C)=O)[C@H]1OC(C)=O. The fourth-order valence-corrected chi connectivity index (χ4v) is 2.09. The van der Waals surface area contributed by atoms with Gasteiger partial charge in [-0.1, -0.05) is 0 Å². The molecule has 0 bridgehead atoms. The van der Waals surface area contributed by atoms with Crippen molar-refractivity contribution in [1.29, 1.82) is 0 Å². The molecule has 1 rings (SSSR count). The second kappa shape index (κ2) is 8.27. The molecule has 0 aromatic rings. The van der Waals surface area contributed by atoms with Gasteiger partial charge in [-0.15, -0.1) is 0 Å². The topological polar surface area (TPSA) is 132 Å². The molecule has 0 aromatic carbocycles. The van der Waals surface area contributed by atoms with Gasteiger partial charge in [0.25, 0.3) is 0 Å². The van der Waals surface area contributed by atoms with Crippen LogP contribution in [-0.2, 0) is 47.7 Å². The molecule has 134 valence electrons. The van der Waals surface area contributed by atoms with Gasteiger partial charge in [0.05, 0.1) is 0 Å². The Kier molecular flexibility index (Phi) is 6.69. The molecule has 1 heterocycles. The van der Waals surface area contributed by atoms with Gasteiger partial charge >= 0.3 is 29.8 Å². The van der Waals surface area contributed by atoms with Gasteiger partial charge < -0.3 is 23.7 Å². The van der Waals surface area contributed by atoms with E-state index in [2.05, 4.69) is 0 Å². The summed E-state index contributed by atoms with van der Waals surface area (Å²) in [6.07, 6.45) is -5.39. The van der Waals surface area contributed by atoms with Crippen molar-refractivity contribution in [2.24, 2.45) is 0 Å². The molecule has 0 amide bonds. The molecular formula is C14H18O10. The molecule has 0 N–H and O–H groups in total. The number of hydrogen-bond acceptors (Lipinski definition) is 10. The van der Waals surface area contributed by atoms with Gasteiger partial charge in [0.2, 0.25) is 6.10 Å². The number of ether oxygens (including phenoxy) is 5. The van der Waals surface area contributed by atoms with E-state index in [0.29, 0.717) is 0 Å². The summed E-state index contributed by atoms with van der Waals surface area (Å²) >= 11 is 0. The zero-order valence-corrected chi connectivity index (χ0v) is 13.6.